The van der Waals surface area contributed by atoms with Gasteiger partial charge in [-0.05, 0) is 25.2 Å². The monoisotopic (exact) mass is 319 g/mol. The van der Waals surface area contributed by atoms with E-state index in [-0.39, 0.29) is 11.8 Å². The van der Waals surface area contributed by atoms with Gasteiger partial charge in [-0.2, -0.15) is 4.98 Å². The number of likely N-dealkylation sites (tertiary alicyclic amines) is 1. The van der Waals surface area contributed by atoms with Gasteiger partial charge in [-0.25, -0.2) is 0 Å². The molecule has 2 heterocycles. The van der Waals surface area contributed by atoms with Gasteiger partial charge in [-0.3, -0.25) is 4.79 Å². The van der Waals surface area contributed by atoms with E-state index in [0.717, 1.165) is 44.1 Å². The van der Waals surface area contributed by atoms with E-state index in [1.807, 2.05) is 4.90 Å². The highest BCUT2D eigenvalue weighted by atomic mass is 16.5. The third-order valence-electron chi connectivity index (χ3n) is 5.34. The van der Waals surface area contributed by atoms with Crippen molar-refractivity contribution in [1.82, 2.24) is 15.0 Å². The number of carbonyl (C=O) groups is 1. The maximum atomic E-state index is 12.5. The van der Waals surface area contributed by atoms with E-state index in [9.17, 15) is 4.79 Å². The zero-order valence-electron chi connectivity index (χ0n) is 14.5. The molecule has 0 unspecified atom stereocenters. The van der Waals surface area contributed by atoms with Crippen molar-refractivity contribution >= 4 is 5.91 Å². The number of carbonyl (C=O) groups excluding carboxylic acids is 1. The summed E-state index contributed by atoms with van der Waals surface area (Å²) < 4.78 is 5.44. The lowest BCUT2D eigenvalue weighted by Crippen LogP contribution is -2.39. The lowest BCUT2D eigenvalue weighted by molar-refractivity contribution is -0.132. The zero-order chi connectivity index (χ0) is 16.2. The molecule has 0 bridgehead atoms. The summed E-state index contributed by atoms with van der Waals surface area (Å²) in [7, 11) is 0. The summed E-state index contributed by atoms with van der Waals surface area (Å²) in [6.45, 7) is 5.75. The summed E-state index contributed by atoms with van der Waals surface area (Å²) in [6, 6.07) is 0. The van der Waals surface area contributed by atoms with Crippen molar-refractivity contribution in [3.8, 4) is 0 Å². The molecule has 1 amide bonds. The maximum absolute atomic E-state index is 12.5. The molecule has 1 aliphatic heterocycles. The van der Waals surface area contributed by atoms with Crippen LogP contribution in [0.4, 0.5) is 0 Å². The molecule has 23 heavy (non-hydrogen) atoms. The second-order valence-electron chi connectivity index (χ2n) is 7.51. The fourth-order valence-corrected chi connectivity index (χ4v) is 3.84. The number of hydrogen-bond acceptors (Lipinski definition) is 4. The highest BCUT2D eigenvalue weighted by Crippen LogP contribution is 2.30. The van der Waals surface area contributed by atoms with Crippen molar-refractivity contribution in [2.45, 2.75) is 77.0 Å². The topological polar surface area (TPSA) is 59.2 Å². The first-order chi connectivity index (χ1) is 11.1. The van der Waals surface area contributed by atoms with Crippen LogP contribution < -0.4 is 0 Å². The molecule has 0 spiro atoms. The van der Waals surface area contributed by atoms with Gasteiger partial charge in [-0.1, -0.05) is 44.7 Å². The van der Waals surface area contributed by atoms with E-state index in [0.29, 0.717) is 18.2 Å². The third-order valence-corrected chi connectivity index (χ3v) is 5.34. The maximum Gasteiger partial charge on any atom is 0.231 e. The van der Waals surface area contributed by atoms with Gasteiger partial charge in [0.2, 0.25) is 11.8 Å². The molecule has 2 aliphatic rings. The summed E-state index contributed by atoms with van der Waals surface area (Å²) >= 11 is 0. The van der Waals surface area contributed by atoms with E-state index in [1.54, 1.807) is 0 Å². The molecule has 5 nitrogen and oxygen atoms in total. The van der Waals surface area contributed by atoms with Crippen molar-refractivity contribution in [3.05, 3.63) is 11.7 Å². The molecule has 1 aromatic heterocycles. The number of piperidine rings is 1. The molecule has 1 aromatic rings. The van der Waals surface area contributed by atoms with Gasteiger partial charge in [0.1, 0.15) is 0 Å². The first-order valence-electron chi connectivity index (χ1n) is 9.24. The molecule has 0 aromatic carbocycles. The molecule has 1 aliphatic carbocycles. The van der Waals surface area contributed by atoms with Crippen LogP contribution in [-0.4, -0.2) is 34.0 Å². The quantitative estimate of drug-likeness (QED) is 0.826. The predicted octanol–water partition coefficient (Wildman–Crippen LogP) is 3.87. The lowest BCUT2D eigenvalue weighted by Gasteiger charge is -2.31. The predicted molar refractivity (Wildman–Crippen MR) is 88.1 cm³/mol. The highest BCUT2D eigenvalue weighted by molar-refractivity contribution is 5.76. The fraction of sp³-hybridized carbons (Fsp3) is 0.833. The first-order valence-corrected chi connectivity index (χ1v) is 9.24. The van der Waals surface area contributed by atoms with Gasteiger partial charge in [0.05, 0.1) is 5.92 Å². The molecule has 3 rings (SSSR count). The van der Waals surface area contributed by atoms with Crippen LogP contribution in [0.25, 0.3) is 0 Å². The van der Waals surface area contributed by atoms with Crippen molar-refractivity contribution in [2.75, 3.05) is 13.1 Å². The van der Waals surface area contributed by atoms with Crippen LogP contribution in [0.5, 0.6) is 0 Å². The second kappa shape index (κ2) is 7.45. The summed E-state index contributed by atoms with van der Waals surface area (Å²) in [5.74, 6) is 3.06. The molecular weight excluding hydrogens is 290 g/mol. The molecule has 2 fully saturated rings. The Morgan fingerprint density at radius 3 is 2.74 bits per heavy atom. The van der Waals surface area contributed by atoms with Crippen LogP contribution in [0.3, 0.4) is 0 Å². The van der Waals surface area contributed by atoms with E-state index < -0.39 is 0 Å². The van der Waals surface area contributed by atoms with E-state index >= 15 is 0 Å². The number of nitrogens with zero attached hydrogens (tertiary/aromatic N) is 3. The molecule has 128 valence electrons. The SMILES string of the molecule is CC(C)c1noc([C@H]2CCCN(C(=O)CCC3CCCC3)C2)n1. The minimum atomic E-state index is 0.208. The Morgan fingerprint density at radius 1 is 1.26 bits per heavy atom. The molecule has 1 saturated heterocycles. The average molecular weight is 319 g/mol. The van der Waals surface area contributed by atoms with Crippen LogP contribution in [-0.2, 0) is 4.79 Å². The Kier molecular flexibility index (Phi) is 5.34. The molecular formula is C18H29N3O2. The Morgan fingerprint density at radius 2 is 2.04 bits per heavy atom. The summed E-state index contributed by atoms with van der Waals surface area (Å²) in [6.07, 6.45) is 9.16. The zero-order valence-corrected chi connectivity index (χ0v) is 14.5. The number of hydrogen-bond donors (Lipinski definition) is 0. The summed E-state index contributed by atoms with van der Waals surface area (Å²) in [5, 5.41) is 4.06. The Bertz CT molecular complexity index is 520. The van der Waals surface area contributed by atoms with E-state index in [4.69, 9.17) is 4.52 Å². The van der Waals surface area contributed by atoms with Gasteiger partial charge in [0, 0.05) is 25.4 Å². The third kappa shape index (κ3) is 4.12. The summed E-state index contributed by atoms with van der Waals surface area (Å²) in [5.41, 5.74) is 0. The average Bonchev–Trinajstić information content (AvgIpc) is 3.24. The minimum Gasteiger partial charge on any atom is -0.342 e. The van der Waals surface area contributed by atoms with Crippen molar-refractivity contribution in [2.24, 2.45) is 5.92 Å². The molecule has 0 N–H and O–H groups in total. The Hall–Kier alpha value is -1.39. The van der Waals surface area contributed by atoms with Gasteiger partial charge < -0.3 is 9.42 Å². The molecule has 1 atom stereocenters. The van der Waals surface area contributed by atoms with Crippen molar-refractivity contribution in [1.29, 1.82) is 0 Å². The van der Waals surface area contributed by atoms with Crippen molar-refractivity contribution < 1.29 is 9.32 Å². The van der Waals surface area contributed by atoms with E-state index in [1.165, 1.54) is 25.7 Å². The van der Waals surface area contributed by atoms with Gasteiger partial charge in [0.15, 0.2) is 5.82 Å². The first kappa shape index (κ1) is 16.5. The van der Waals surface area contributed by atoms with Gasteiger partial charge in [-0.15, -0.1) is 0 Å². The van der Waals surface area contributed by atoms with Gasteiger partial charge >= 0.3 is 0 Å². The molecule has 0 radical (unpaired) electrons. The van der Waals surface area contributed by atoms with Crippen molar-refractivity contribution in [3.63, 3.8) is 0 Å². The smallest absolute Gasteiger partial charge is 0.231 e. The highest BCUT2D eigenvalue weighted by Gasteiger charge is 2.29. The van der Waals surface area contributed by atoms with E-state index in [2.05, 4.69) is 24.0 Å². The molecule has 1 saturated carbocycles. The fourth-order valence-electron chi connectivity index (χ4n) is 3.84. The van der Waals surface area contributed by atoms with Gasteiger partial charge in [0.25, 0.3) is 0 Å². The minimum absolute atomic E-state index is 0.208. The summed E-state index contributed by atoms with van der Waals surface area (Å²) in [4.78, 5) is 19.0. The number of aromatic nitrogens is 2. The molecule has 5 heteroatoms. The standard InChI is InChI=1S/C18H29N3O2/c1-13(2)17-19-18(23-20-17)15-8-5-11-21(12-15)16(22)10-9-14-6-3-4-7-14/h13-15H,3-12H2,1-2H3/t15-/m0/s1. The van der Waals surface area contributed by atoms with Crippen LogP contribution >= 0.6 is 0 Å². The van der Waals surface area contributed by atoms with Crippen LogP contribution in [0.15, 0.2) is 4.52 Å². The van der Waals surface area contributed by atoms with Crippen LogP contribution in [0, 0.1) is 5.92 Å². The largest absolute Gasteiger partial charge is 0.342 e. The Balaban J connectivity index is 1.53. The normalized spacial score (nSPS) is 22.9. The number of amides is 1. The van der Waals surface area contributed by atoms with Crippen LogP contribution in [0.2, 0.25) is 0 Å². The Labute approximate surface area is 138 Å². The number of rotatable bonds is 5. The lowest BCUT2D eigenvalue weighted by atomic mass is 9.96. The van der Waals surface area contributed by atoms with Crippen LogP contribution in [0.1, 0.15) is 88.8 Å². The second-order valence-corrected chi connectivity index (χ2v) is 7.51.